The number of aryl methyl sites for hydroxylation is 1. The van der Waals surface area contributed by atoms with Crippen molar-refractivity contribution >= 4 is 0 Å². The molecule has 0 saturated heterocycles. The van der Waals surface area contributed by atoms with Gasteiger partial charge < -0.3 is 0 Å². The number of nitrogens with zero attached hydrogens (tertiary/aromatic N) is 2. The molecule has 2 nitrogen and oxygen atoms in total. The van der Waals surface area contributed by atoms with Crippen LogP contribution in [-0.4, -0.2) is 9.97 Å². The van der Waals surface area contributed by atoms with Crippen LogP contribution < -0.4 is 0 Å². The van der Waals surface area contributed by atoms with Gasteiger partial charge in [-0.15, -0.1) is 0 Å². The monoisotopic (exact) mass is 157 g/mol. The third-order valence-corrected chi connectivity index (χ3v) is 1.21. The van der Waals surface area contributed by atoms with Gasteiger partial charge in [0.05, 0.1) is 5.69 Å². The lowest BCUT2D eigenvalue weighted by Gasteiger charge is -1.98. The van der Waals surface area contributed by atoms with Crippen LogP contribution in [0.3, 0.4) is 0 Å². The molecule has 1 heterocycles. The van der Waals surface area contributed by atoms with E-state index in [4.69, 9.17) is 0 Å². The van der Waals surface area contributed by atoms with Crippen LogP contribution in [0.2, 0.25) is 0 Å². The second-order valence-corrected chi connectivity index (χ2v) is 1.97. The van der Waals surface area contributed by atoms with E-state index >= 15 is 0 Å². The highest BCUT2D eigenvalue weighted by atomic mass is 19.3. The van der Waals surface area contributed by atoms with Crippen molar-refractivity contribution in [1.29, 1.82) is 0 Å². The van der Waals surface area contributed by atoms with Gasteiger partial charge in [-0.25, -0.2) is 18.7 Å². The van der Waals surface area contributed by atoms with Gasteiger partial charge in [0.15, 0.2) is 5.82 Å². The van der Waals surface area contributed by atoms with Crippen molar-refractivity contribution in [3.8, 4) is 0 Å². The fourth-order valence-corrected chi connectivity index (χ4v) is 0.659. The molecule has 0 unspecified atom stereocenters. The van der Waals surface area contributed by atoms with E-state index in [0.29, 0.717) is 12.1 Å². The molecule has 11 heavy (non-hydrogen) atoms. The van der Waals surface area contributed by atoms with Crippen molar-refractivity contribution in [2.45, 2.75) is 19.8 Å². The summed E-state index contributed by atoms with van der Waals surface area (Å²) in [5, 5.41) is 0. The molecule has 0 fully saturated rings. The summed E-state index contributed by atoms with van der Waals surface area (Å²) in [7, 11) is 0. The minimum atomic E-state index is -2.59. The van der Waals surface area contributed by atoms with Crippen molar-refractivity contribution in [2.24, 2.45) is 0 Å². The topological polar surface area (TPSA) is 25.8 Å². The molecule has 1 aromatic heterocycles. The first-order chi connectivity index (χ1) is 5.24. The molecular weight excluding hydrogens is 150 g/mol. The molecule has 0 aliphatic heterocycles. The Hall–Kier alpha value is -1.06. The van der Waals surface area contributed by atoms with Gasteiger partial charge in [-0.1, -0.05) is 6.92 Å². The summed E-state index contributed by atoms with van der Waals surface area (Å²) in [6, 6.07) is 2.66. The van der Waals surface area contributed by atoms with E-state index in [1.807, 2.05) is 6.92 Å². The van der Waals surface area contributed by atoms with Crippen LogP contribution in [0.15, 0.2) is 6.20 Å². The highest BCUT2D eigenvalue weighted by Gasteiger charge is 2.09. The molecule has 4 heteroatoms. The fraction of sp³-hybridized carbons (Fsp3) is 0.429. The summed E-state index contributed by atoms with van der Waals surface area (Å²) in [5.74, 6) is -0.416. The predicted molar refractivity (Wildman–Crippen MR) is 35.2 cm³/mol. The summed E-state index contributed by atoms with van der Waals surface area (Å²) in [6.45, 7) is 1.83. The minimum Gasteiger partial charge on any atom is -0.235 e. The third-order valence-electron chi connectivity index (χ3n) is 1.21. The number of hydrogen-bond donors (Lipinski definition) is 0. The third kappa shape index (κ3) is 1.93. The Morgan fingerprint density at radius 3 is 2.91 bits per heavy atom. The van der Waals surface area contributed by atoms with Crippen LogP contribution in [0.4, 0.5) is 8.78 Å². The number of rotatable bonds is 2. The maximum Gasteiger partial charge on any atom is 0.297 e. The highest BCUT2D eigenvalue weighted by Crippen LogP contribution is 2.12. The molecule has 0 aliphatic rings. The van der Waals surface area contributed by atoms with Crippen LogP contribution >= 0.6 is 0 Å². The van der Waals surface area contributed by atoms with E-state index in [-0.39, 0.29) is 0 Å². The zero-order chi connectivity index (χ0) is 8.27. The lowest BCUT2D eigenvalue weighted by atomic mass is 10.3. The molecule has 0 aliphatic carbocycles. The minimum absolute atomic E-state index is 0.416. The van der Waals surface area contributed by atoms with E-state index in [1.165, 1.54) is 6.20 Å². The quantitative estimate of drug-likeness (QED) is 0.653. The second-order valence-electron chi connectivity index (χ2n) is 1.97. The van der Waals surface area contributed by atoms with E-state index in [0.717, 1.165) is 0 Å². The number of aromatic nitrogens is 2. The van der Waals surface area contributed by atoms with Crippen molar-refractivity contribution in [3.63, 3.8) is 0 Å². The second kappa shape index (κ2) is 3.37. The molecule has 1 rings (SSSR count). The lowest BCUT2D eigenvalue weighted by Crippen LogP contribution is -1.97. The molecule has 0 amide bonds. The average molecular weight is 157 g/mol. The van der Waals surface area contributed by atoms with E-state index in [9.17, 15) is 8.78 Å². The van der Waals surface area contributed by atoms with Gasteiger partial charge in [-0.3, -0.25) is 0 Å². The Morgan fingerprint density at radius 1 is 1.64 bits per heavy atom. The zero-order valence-corrected chi connectivity index (χ0v) is 6.01. The standard InChI is InChI=1S/C7H7F2N2/c1-2-5-3-4-10-7(11-5)6(8)9/h4,6H,2H2,1H3. The fourth-order valence-electron chi connectivity index (χ4n) is 0.659. The summed E-state index contributed by atoms with van der Waals surface area (Å²) >= 11 is 0. The molecule has 0 spiro atoms. The van der Waals surface area contributed by atoms with Gasteiger partial charge in [-0.05, 0) is 6.42 Å². The maximum absolute atomic E-state index is 11.9. The van der Waals surface area contributed by atoms with E-state index < -0.39 is 12.2 Å². The van der Waals surface area contributed by atoms with E-state index in [2.05, 4.69) is 16.0 Å². The molecule has 1 radical (unpaired) electrons. The maximum atomic E-state index is 11.9. The van der Waals surface area contributed by atoms with Crippen LogP contribution in [0, 0.1) is 6.07 Å². The predicted octanol–water partition coefficient (Wildman–Crippen LogP) is 1.78. The highest BCUT2D eigenvalue weighted by molar-refractivity contribution is 5.00. The van der Waals surface area contributed by atoms with Crippen LogP contribution in [0.5, 0.6) is 0 Å². The first kappa shape index (κ1) is 8.04. The van der Waals surface area contributed by atoms with Crippen molar-refractivity contribution in [2.75, 3.05) is 0 Å². The largest absolute Gasteiger partial charge is 0.297 e. The van der Waals surface area contributed by atoms with E-state index in [1.54, 1.807) is 0 Å². The Labute approximate surface area is 63.3 Å². The van der Waals surface area contributed by atoms with Crippen molar-refractivity contribution < 1.29 is 8.78 Å². The Morgan fingerprint density at radius 2 is 2.36 bits per heavy atom. The number of hydrogen-bond acceptors (Lipinski definition) is 2. The molecule has 0 N–H and O–H groups in total. The molecule has 0 atom stereocenters. The van der Waals surface area contributed by atoms with Gasteiger partial charge in [0, 0.05) is 12.3 Å². The summed E-state index contributed by atoms with van der Waals surface area (Å²) in [6.07, 6.45) is -0.759. The van der Waals surface area contributed by atoms with Gasteiger partial charge >= 0.3 is 0 Å². The number of halogens is 2. The van der Waals surface area contributed by atoms with Gasteiger partial charge in [0.1, 0.15) is 0 Å². The zero-order valence-electron chi connectivity index (χ0n) is 6.01. The van der Waals surface area contributed by atoms with Gasteiger partial charge in [-0.2, -0.15) is 0 Å². The van der Waals surface area contributed by atoms with Crippen molar-refractivity contribution in [3.05, 3.63) is 23.8 Å². The lowest BCUT2D eigenvalue weighted by molar-refractivity contribution is 0.140. The number of alkyl halides is 2. The first-order valence-electron chi connectivity index (χ1n) is 3.25. The van der Waals surface area contributed by atoms with Gasteiger partial charge in [0.25, 0.3) is 6.43 Å². The average Bonchev–Trinajstić information content (AvgIpc) is 2.05. The molecule has 59 valence electrons. The van der Waals surface area contributed by atoms with Crippen LogP contribution in [-0.2, 0) is 6.42 Å². The normalized spacial score (nSPS) is 10.5. The molecule has 0 saturated carbocycles. The van der Waals surface area contributed by atoms with Crippen LogP contribution in [0.25, 0.3) is 0 Å². The van der Waals surface area contributed by atoms with Crippen molar-refractivity contribution in [1.82, 2.24) is 9.97 Å². The molecule has 1 aromatic rings. The molecular formula is C7H7F2N2. The summed E-state index contributed by atoms with van der Waals surface area (Å²) in [4.78, 5) is 6.94. The molecule has 0 aromatic carbocycles. The Kier molecular flexibility index (Phi) is 2.46. The SMILES string of the molecule is CCc1[c]cnc(C(F)F)n1. The smallest absolute Gasteiger partial charge is 0.235 e. The van der Waals surface area contributed by atoms with Crippen LogP contribution in [0.1, 0.15) is 24.9 Å². The summed E-state index contributed by atoms with van der Waals surface area (Å²) < 4.78 is 23.9. The first-order valence-corrected chi connectivity index (χ1v) is 3.25. The molecule has 0 bridgehead atoms. The Balaban J connectivity index is 2.91. The van der Waals surface area contributed by atoms with Gasteiger partial charge in [0.2, 0.25) is 0 Å². The Bertz CT molecular complexity index is 238. The summed E-state index contributed by atoms with van der Waals surface area (Å²) in [5.41, 5.74) is 0.523.